The molecule has 5 rings (SSSR count). The molecule has 33 heavy (non-hydrogen) atoms. The largest absolute Gasteiger partial charge is 0.378 e. The molecule has 2 aromatic heterocycles. The van der Waals surface area contributed by atoms with E-state index < -0.39 is 0 Å². The Kier molecular flexibility index (Phi) is 5.95. The maximum atomic E-state index is 12.2. The minimum absolute atomic E-state index is 0.0338. The van der Waals surface area contributed by atoms with Gasteiger partial charge in [-0.15, -0.1) is 0 Å². The third-order valence-corrected chi connectivity index (χ3v) is 6.24. The molecule has 7 heteroatoms. The molecule has 3 aromatic rings. The summed E-state index contributed by atoms with van der Waals surface area (Å²) in [7, 11) is 3.95. The Balaban J connectivity index is 1.43. The zero-order valence-corrected chi connectivity index (χ0v) is 18.9. The van der Waals surface area contributed by atoms with Crippen LogP contribution in [0.5, 0.6) is 0 Å². The number of pyridine rings is 2. The number of morpholine rings is 1. The van der Waals surface area contributed by atoms with Crippen molar-refractivity contribution in [2.24, 2.45) is 5.92 Å². The lowest BCUT2D eigenvalue weighted by Gasteiger charge is -2.32. The Hall–Kier alpha value is -3.47. The number of ether oxygens (including phenoxy) is 1. The van der Waals surface area contributed by atoms with Crippen LogP contribution < -0.4 is 10.6 Å². The van der Waals surface area contributed by atoms with Crippen molar-refractivity contribution < 1.29 is 9.53 Å². The van der Waals surface area contributed by atoms with E-state index in [2.05, 4.69) is 56.5 Å². The summed E-state index contributed by atoms with van der Waals surface area (Å²) in [4.78, 5) is 23.4. The van der Waals surface area contributed by atoms with Gasteiger partial charge in [0.15, 0.2) is 0 Å². The summed E-state index contributed by atoms with van der Waals surface area (Å²) < 4.78 is 5.64. The second kappa shape index (κ2) is 9.18. The van der Waals surface area contributed by atoms with Crippen molar-refractivity contribution in [3.63, 3.8) is 0 Å². The first-order valence-electron chi connectivity index (χ1n) is 11.3. The van der Waals surface area contributed by atoms with Gasteiger partial charge in [-0.1, -0.05) is 24.0 Å². The monoisotopic (exact) mass is 441 g/mol. The molecule has 1 aliphatic carbocycles. The van der Waals surface area contributed by atoms with E-state index in [0.29, 0.717) is 12.4 Å². The Bertz CT molecular complexity index is 1240. The van der Waals surface area contributed by atoms with Gasteiger partial charge in [0.25, 0.3) is 0 Å². The van der Waals surface area contributed by atoms with Crippen LogP contribution in [-0.2, 0) is 9.53 Å². The van der Waals surface area contributed by atoms with Crippen LogP contribution in [0.25, 0.3) is 10.8 Å². The van der Waals surface area contributed by atoms with Gasteiger partial charge in [0.05, 0.1) is 24.8 Å². The van der Waals surface area contributed by atoms with Crippen molar-refractivity contribution in [1.82, 2.24) is 14.9 Å². The van der Waals surface area contributed by atoms with Gasteiger partial charge in [-0.05, 0) is 43.7 Å². The number of carbonyl (C=O) groups is 1. The van der Waals surface area contributed by atoms with Gasteiger partial charge in [0.2, 0.25) is 5.91 Å². The fourth-order valence-electron chi connectivity index (χ4n) is 4.04. The molecular formula is C26H27N5O2. The zero-order valence-electron chi connectivity index (χ0n) is 18.9. The number of amides is 1. The number of hydrogen-bond acceptors (Lipinski definition) is 6. The van der Waals surface area contributed by atoms with Crippen LogP contribution in [0.1, 0.15) is 35.6 Å². The molecule has 1 amide bonds. The van der Waals surface area contributed by atoms with Gasteiger partial charge in [-0.25, -0.2) is 9.97 Å². The van der Waals surface area contributed by atoms with E-state index in [1.807, 2.05) is 25.2 Å². The third kappa shape index (κ3) is 4.68. The van der Waals surface area contributed by atoms with Gasteiger partial charge in [0.1, 0.15) is 11.6 Å². The third-order valence-electron chi connectivity index (χ3n) is 6.24. The highest BCUT2D eigenvalue weighted by Gasteiger charge is 2.29. The normalized spacial score (nSPS) is 18.4. The molecule has 1 saturated heterocycles. The van der Waals surface area contributed by atoms with E-state index in [-0.39, 0.29) is 17.9 Å². The molecule has 0 radical (unpaired) electrons. The van der Waals surface area contributed by atoms with Crippen LogP contribution in [0.15, 0.2) is 42.7 Å². The molecule has 168 valence electrons. The van der Waals surface area contributed by atoms with Crippen LogP contribution in [-0.4, -0.2) is 54.6 Å². The van der Waals surface area contributed by atoms with Gasteiger partial charge >= 0.3 is 0 Å². The lowest BCUT2D eigenvalue weighted by molar-refractivity contribution is -0.117. The first kappa shape index (κ1) is 21.4. The molecule has 0 bridgehead atoms. The van der Waals surface area contributed by atoms with Crippen LogP contribution in [0.3, 0.4) is 0 Å². The molecule has 2 N–H and O–H groups in total. The van der Waals surface area contributed by atoms with Crippen LogP contribution in [0, 0.1) is 17.8 Å². The Morgan fingerprint density at radius 1 is 1.12 bits per heavy atom. The molecule has 1 aromatic carbocycles. The molecule has 1 atom stereocenters. The highest BCUT2D eigenvalue weighted by atomic mass is 16.5. The van der Waals surface area contributed by atoms with Crippen molar-refractivity contribution in [2.75, 3.05) is 44.5 Å². The number of benzene rings is 1. The minimum atomic E-state index is 0.0338. The lowest BCUT2D eigenvalue weighted by Crippen LogP contribution is -2.36. The Morgan fingerprint density at radius 3 is 2.67 bits per heavy atom. The van der Waals surface area contributed by atoms with Crippen LogP contribution >= 0.6 is 0 Å². The highest BCUT2D eigenvalue weighted by Crippen LogP contribution is 2.31. The average molecular weight is 442 g/mol. The van der Waals surface area contributed by atoms with E-state index in [0.717, 1.165) is 53.7 Å². The maximum absolute atomic E-state index is 12.2. The summed E-state index contributed by atoms with van der Waals surface area (Å²) in [5.74, 6) is 7.94. The number of aromatic nitrogens is 2. The fourth-order valence-corrected chi connectivity index (χ4v) is 4.04. The molecule has 1 aliphatic heterocycles. The first-order chi connectivity index (χ1) is 16.1. The number of fused-ring (bicyclic) bond motifs is 1. The summed E-state index contributed by atoms with van der Waals surface area (Å²) >= 11 is 0. The SMILES string of the molecule is CNc1ncc(C#Cc2ccc(C3COCCN3C)cc2)c2cc(NC(=O)C3CC3)ncc12. The fraction of sp³-hybridized carbons (Fsp3) is 0.346. The molecule has 2 aliphatic rings. The predicted molar refractivity (Wildman–Crippen MR) is 129 cm³/mol. The van der Waals surface area contributed by atoms with Crippen molar-refractivity contribution >= 4 is 28.3 Å². The molecule has 1 saturated carbocycles. The number of nitrogens with one attached hydrogen (secondary N) is 2. The maximum Gasteiger partial charge on any atom is 0.228 e. The van der Waals surface area contributed by atoms with Crippen LogP contribution in [0.4, 0.5) is 11.6 Å². The lowest BCUT2D eigenvalue weighted by atomic mass is 10.0. The highest BCUT2D eigenvalue weighted by molar-refractivity contribution is 5.99. The van der Waals surface area contributed by atoms with Gasteiger partial charge in [0, 0.05) is 48.2 Å². The van der Waals surface area contributed by atoms with E-state index >= 15 is 0 Å². The van der Waals surface area contributed by atoms with Crippen molar-refractivity contribution in [1.29, 1.82) is 0 Å². The summed E-state index contributed by atoms with van der Waals surface area (Å²) in [5, 5.41) is 7.79. The topological polar surface area (TPSA) is 79.4 Å². The number of anilines is 2. The minimum Gasteiger partial charge on any atom is -0.378 e. The van der Waals surface area contributed by atoms with Gasteiger partial charge < -0.3 is 15.4 Å². The summed E-state index contributed by atoms with van der Waals surface area (Å²) in [6, 6.07) is 10.5. The zero-order chi connectivity index (χ0) is 22.8. The van der Waals surface area contributed by atoms with Gasteiger partial charge in [-0.3, -0.25) is 9.69 Å². The standard InChI is InChI=1S/C26H27N5O2/c1-27-25-22-15-28-24(30-26(32)19-9-10-19)13-21(22)20(14-29-25)8-5-17-3-6-18(7-4-17)23-16-33-12-11-31(23)2/h3-4,6-7,13-15,19,23H,9-12,16H2,1-2H3,(H,27,29)(H,28,30,32). The number of carbonyl (C=O) groups excluding carboxylic acids is 1. The molecule has 7 nitrogen and oxygen atoms in total. The number of hydrogen-bond donors (Lipinski definition) is 2. The van der Waals surface area contributed by atoms with Crippen molar-refractivity contribution in [2.45, 2.75) is 18.9 Å². The second-order valence-electron chi connectivity index (χ2n) is 8.59. The van der Waals surface area contributed by atoms with Crippen molar-refractivity contribution in [3.8, 4) is 11.8 Å². The van der Waals surface area contributed by atoms with E-state index in [1.165, 1.54) is 5.56 Å². The van der Waals surface area contributed by atoms with E-state index in [4.69, 9.17) is 4.74 Å². The van der Waals surface area contributed by atoms with E-state index in [1.54, 1.807) is 12.4 Å². The van der Waals surface area contributed by atoms with Crippen molar-refractivity contribution in [3.05, 3.63) is 59.4 Å². The summed E-state index contributed by atoms with van der Waals surface area (Å²) in [5.41, 5.74) is 2.95. The molecule has 3 heterocycles. The Morgan fingerprint density at radius 2 is 1.94 bits per heavy atom. The van der Waals surface area contributed by atoms with Crippen LogP contribution in [0.2, 0.25) is 0 Å². The molecule has 1 unspecified atom stereocenters. The van der Waals surface area contributed by atoms with Gasteiger partial charge in [-0.2, -0.15) is 0 Å². The number of rotatable bonds is 4. The molecular weight excluding hydrogens is 414 g/mol. The van der Waals surface area contributed by atoms with E-state index in [9.17, 15) is 4.79 Å². The number of nitrogens with zero attached hydrogens (tertiary/aromatic N) is 3. The number of likely N-dealkylation sites (N-methyl/N-ethyl adjacent to an activating group) is 1. The summed E-state index contributed by atoms with van der Waals surface area (Å²) in [6.45, 7) is 2.43. The first-order valence-corrected chi connectivity index (χ1v) is 11.3. The smallest absolute Gasteiger partial charge is 0.228 e. The second-order valence-corrected chi connectivity index (χ2v) is 8.59. The summed E-state index contributed by atoms with van der Waals surface area (Å²) in [6.07, 6.45) is 5.40. The Labute approximate surface area is 193 Å². The molecule has 2 fully saturated rings. The molecule has 0 spiro atoms. The average Bonchev–Trinajstić information content (AvgIpc) is 3.69. The quantitative estimate of drug-likeness (QED) is 0.604. The predicted octanol–water partition coefficient (Wildman–Crippen LogP) is 3.42.